The molecule has 0 saturated heterocycles. The molecule has 118 valence electrons. The lowest BCUT2D eigenvalue weighted by Gasteiger charge is -2.22. The van der Waals surface area contributed by atoms with Crippen molar-refractivity contribution < 1.29 is 14.3 Å². The highest BCUT2D eigenvalue weighted by Gasteiger charge is 2.30. The van der Waals surface area contributed by atoms with Gasteiger partial charge >= 0.3 is 0 Å². The third kappa shape index (κ3) is 3.11. The molecule has 0 N–H and O–H groups in total. The number of anilines is 1. The van der Waals surface area contributed by atoms with E-state index in [-0.39, 0.29) is 24.3 Å². The first-order valence-corrected chi connectivity index (χ1v) is 7.70. The fraction of sp³-hybridized carbons (Fsp3) is 0.263. The van der Waals surface area contributed by atoms with Gasteiger partial charge in [0, 0.05) is 17.3 Å². The van der Waals surface area contributed by atoms with Gasteiger partial charge in [-0.3, -0.25) is 9.59 Å². The monoisotopic (exact) mass is 309 g/mol. The van der Waals surface area contributed by atoms with Crippen molar-refractivity contribution >= 4 is 17.4 Å². The molecule has 1 amide bonds. The van der Waals surface area contributed by atoms with Crippen LogP contribution in [0.3, 0.4) is 0 Å². The van der Waals surface area contributed by atoms with Crippen LogP contribution in [-0.2, 0) is 11.2 Å². The molecule has 0 bridgehead atoms. The number of Topliss-reactive ketones (excluding diaryl/α,β-unsaturated/α-hetero) is 1. The van der Waals surface area contributed by atoms with Crippen molar-refractivity contribution in [3.63, 3.8) is 0 Å². The van der Waals surface area contributed by atoms with E-state index in [1.807, 2.05) is 25.1 Å². The summed E-state index contributed by atoms with van der Waals surface area (Å²) in [5, 5.41) is 0. The Bertz CT molecular complexity index is 737. The highest BCUT2D eigenvalue weighted by Crippen LogP contribution is 2.31. The van der Waals surface area contributed by atoms with Gasteiger partial charge in [-0.1, -0.05) is 18.2 Å². The van der Waals surface area contributed by atoms with Crippen LogP contribution < -0.4 is 9.64 Å². The van der Waals surface area contributed by atoms with Gasteiger partial charge in [0.15, 0.2) is 12.4 Å². The van der Waals surface area contributed by atoms with E-state index in [9.17, 15) is 9.59 Å². The summed E-state index contributed by atoms with van der Waals surface area (Å²) >= 11 is 0. The molecule has 0 fully saturated rings. The minimum absolute atomic E-state index is 0.00937. The van der Waals surface area contributed by atoms with Crippen LogP contribution in [0, 0.1) is 0 Å². The summed E-state index contributed by atoms with van der Waals surface area (Å²) in [6.45, 7) is 3.54. The highest BCUT2D eigenvalue weighted by molar-refractivity contribution is 5.97. The normalized spacial score (nSPS) is 16.1. The summed E-state index contributed by atoms with van der Waals surface area (Å²) in [7, 11) is 0. The molecular formula is C19H19NO3. The quantitative estimate of drug-likeness (QED) is 0.815. The number of benzene rings is 2. The minimum atomic E-state index is -0.0573. The van der Waals surface area contributed by atoms with E-state index in [4.69, 9.17) is 4.74 Å². The third-order valence-corrected chi connectivity index (χ3v) is 4.10. The topological polar surface area (TPSA) is 46.6 Å². The smallest absolute Gasteiger partial charge is 0.265 e. The Kier molecular flexibility index (Phi) is 4.15. The predicted molar refractivity (Wildman–Crippen MR) is 89.0 cm³/mol. The molecule has 1 unspecified atom stereocenters. The van der Waals surface area contributed by atoms with Crippen LogP contribution in [0.1, 0.15) is 29.8 Å². The molecule has 1 aliphatic rings. The molecule has 0 aliphatic carbocycles. The fourth-order valence-electron chi connectivity index (χ4n) is 2.95. The molecule has 0 spiro atoms. The van der Waals surface area contributed by atoms with Crippen molar-refractivity contribution in [2.24, 2.45) is 0 Å². The molecule has 0 radical (unpaired) electrons. The largest absolute Gasteiger partial charge is 0.484 e. The molecule has 23 heavy (non-hydrogen) atoms. The SMILES string of the molecule is CC(=O)c1ccc(OCC(=O)N2c3ccccc3CC2C)cc1. The number of para-hydroxylation sites is 1. The lowest BCUT2D eigenvalue weighted by Crippen LogP contribution is -2.39. The van der Waals surface area contributed by atoms with Gasteiger partial charge in [0.05, 0.1) is 0 Å². The summed E-state index contributed by atoms with van der Waals surface area (Å²) in [5.41, 5.74) is 2.80. The Morgan fingerprint density at radius 3 is 2.52 bits per heavy atom. The zero-order chi connectivity index (χ0) is 16.4. The number of fused-ring (bicyclic) bond motifs is 1. The van der Waals surface area contributed by atoms with Gasteiger partial charge in [-0.15, -0.1) is 0 Å². The molecule has 4 heteroatoms. The van der Waals surface area contributed by atoms with Crippen molar-refractivity contribution in [1.82, 2.24) is 0 Å². The van der Waals surface area contributed by atoms with Crippen molar-refractivity contribution in [2.45, 2.75) is 26.3 Å². The first kappa shape index (κ1) is 15.3. The second kappa shape index (κ2) is 6.24. The number of hydrogen-bond donors (Lipinski definition) is 0. The molecule has 0 saturated carbocycles. The standard InChI is InChI=1S/C19H19NO3/c1-13-11-16-5-3-4-6-18(16)20(13)19(22)12-23-17-9-7-15(8-10-17)14(2)21/h3-10,13H,11-12H2,1-2H3. The molecule has 0 aromatic heterocycles. The Labute approximate surface area is 135 Å². The summed E-state index contributed by atoms with van der Waals surface area (Å²) in [4.78, 5) is 25.6. The molecule has 1 aliphatic heterocycles. The van der Waals surface area contributed by atoms with Crippen LogP contribution >= 0.6 is 0 Å². The van der Waals surface area contributed by atoms with Crippen molar-refractivity contribution in [3.05, 3.63) is 59.7 Å². The lowest BCUT2D eigenvalue weighted by molar-refractivity contribution is -0.120. The zero-order valence-corrected chi connectivity index (χ0v) is 13.3. The summed E-state index contributed by atoms with van der Waals surface area (Å²) < 4.78 is 5.58. The second-order valence-electron chi connectivity index (χ2n) is 5.81. The van der Waals surface area contributed by atoms with E-state index in [0.29, 0.717) is 11.3 Å². The number of nitrogens with zero attached hydrogens (tertiary/aromatic N) is 1. The Hall–Kier alpha value is -2.62. The van der Waals surface area contributed by atoms with Crippen LogP contribution in [0.25, 0.3) is 0 Å². The molecule has 2 aromatic carbocycles. The molecule has 2 aromatic rings. The zero-order valence-electron chi connectivity index (χ0n) is 13.3. The van der Waals surface area contributed by atoms with Crippen LogP contribution in [0.2, 0.25) is 0 Å². The van der Waals surface area contributed by atoms with E-state index in [1.54, 1.807) is 29.2 Å². The maximum atomic E-state index is 12.5. The molecule has 1 atom stereocenters. The van der Waals surface area contributed by atoms with Crippen molar-refractivity contribution in [2.75, 3.05) is 11.5 Å². The number of rotatable bonds is 4. The number of ether oxygens (including phenoxy) is 1. The van der Waals surface area contributed by atoms with Gasteiger partial charge in [0.1, 0.15) is 5.75 Å². The highest BCUT2D eigenvalue weighted by atomic mass is 16.5. The average Bonchev–Trinajstić information content (AvgIpc) is 2.88. The van der Waals surface area contributed by atoms with E-state index >= 15 is 0 Å². The Morgan fingerprint density at radius 1 is 1.13 bits per heavy atom. The predicted octanol–water partition coefficient (Wildman–Crippen LogP) is 3.25. The van der Waals surface area contributed by atoms with Gasteiger partial charge in [-0.2, -0.15) is 0 Å². The molecular weight excluding hydrogens is 290 g/mol. The second-order valence-corrected chi connectivity index (χ2v) is 5.81. The van der Waals surface area contributed by atoms with Gasteiger partial charge in [-0.25, -0.2) is 0 Å². The van der Waals surface area contributed by atoms with Crippen LogP contribution in [0.4, 0.5) is 5.69 Å². The number of carbonyl (C=O) groups excluding carboxylic acids is 2. The summed E-state index contributed by atoms with van der Waals surface area (Å²) in [5.74, 6) is 0.539. The molecule has 3 rings (SSSR count). The number of carbonyl (C=O) groups is 2. The van der Waals surface area contributed by atoms with E-state index in [1.165, 1.54) is 12.5 Å². The first-order chi connectivity index (χ1) is 11.1. The van der Waals surface area contributed by atoms with Crippen LogP contribution in [0.15, 0.2) is 48.5 Å². The fourth-order valence-corrected chi connectivity index (χ4v) is 2.95. The van der Waals surface area contributed by atoms with Crippen molar-refractivity contribution in [1.29, 1.82) is 0 Å². The summed E-state index contributed by atoms with van der Waals surface area (Å²) in [6.07, 6.45) is 0.870. The first-order valence-electron chi connectivity index (χ1n) is 7.70. The van der Waals surface area contributed by atoms with E-state index in [2.05, 4.69) is 6.07 Å². The van der Waals surface area contributed by atoms with E-state index in [0.717, 1.165) is 12.1 Å². The number of hydrogen-bond acceptors (Lipinski definition) is 3. The maximum absolute atomic E-state index is 12.5. The summed E-state index contributed by atoms with van der Waals surface area (Å²) in [6, 6.07) is 14.9. The third-order valence-electron chi connectivity index (χ3n) is 4.10. The van der Waals surface area contributed by atoms with Crippen LogP contribution in [-0.4, -0.2) is 24.3 Å². The minimum Gasteiger partial charge on any atom is -0.484 e. The van der Waals surface area contributed by atoms with Gasteiger partial charge < -0.3 is 9.64 Å². The molecule has 1 heterocycles. The Morgan fingerprint density at radius 2 is 1.83 bits per heavy atom. The van der Waals surface area contributed by atoms with Crippen molar-refractivity contribution in [3.8, 4) is 5.75 Å². The number of ketones is 1. The Balaban J connectivity index is 1.67. The maximum Gasteiger partial charge on any atom is 0.265 e. The van der Waals surface area contributed by atoms with Gasteiger partial charge in [0.2, 0.25) is 0 Å². The lowest BCUT2D eigenvalue weighted by atomic mass is 10.1. The van der Waals surface area contributed by atoms with Gasteiger partial charge in [0.25, 0.3) is 5.91 Å². The van der Waals surface area contributed by atoms with E-state index < -0.39 is 0 Å². The molecule has 4 nitrogen and oxygen atoms in total. The van der Waals surface area contributed by atoms with Gasteiger partial charge in [-0.05, 0) is 56.2 Å². The number of amides is 1. The average molecular weight is 309 g/mol. The van der Waals surface area contributed by atoms with Crippen LogP contribution in [0.5, 0.6) is 5.75 Å².